The van der Waals surface area contributed by atoms with E-state index in [0.29, 0.717) is 5.69 Å². The predicted molar refractivity (Wildman–Crippen MR) is 50.2 cm³/mol. The van der Waals surface area contributed by atoms with Gasteiger partial charge in [0.2, 0.25) is 0 Å². The van der Waals surface area contributed by atoms with Gasteiger partial charge in [-0.05, 0) is 0 Å². The molecule has 1 rings (SSSR count). The first-order chi connectivity index (χ1) is 6.89. The number of hydrogen-bond donors (Lipinski definition) is 2. The van der Waals surface area contributed by atoms with Crippen molar-refractivity contribution in [1.29, 1.82) is 0 Å². The number of carbonyl (C=O) groups is 1. The zero-order chi connectivity index (χ0) is 11.5. The summed E-state index contributed by atoms with van der Waals surface area (Å²) in [6, 6.07) is 5.21. The number of rotatable bonds is 4. The molecular weight excluding hydrogens is 263 g/mol. The Morgan fingerprint density at radius 2 is 1.87 bits per heavy atom. The summed E-state index contributed by atoms with van der Waals surface area (Å²) in [6.07, 6.45) is 0. The van der Waals surface area contributed by atoms with Crippen LogP contribution < -0.4 is 23.6 Å². The Balaban J connectivity index is 2.73. The van der Waals surface area contributed by atoms with Crippen LogP contribution in [0, 0.1) is 0 Å². The zero-order valence-corrected chi connectivity index (χ0v) is 9.55. The second kappa shape index (κ2) is 4.53. The van der Waals surface area contributed by atoms with Crippen molar-refractivity contribution in [1.82, 2.24) is 0 Å². The summed E-state index contributed by atoms with van der Waals surface area (Å²) in [6.45, 7) is -0.0449. The van der Waals surface area contributed by atoms with Gasteiger partial charge in [0, 0.05) is 0 Å². The van der Waals surface area contributed by atoms with E-state index in [1.807, 2.05) is 0 Å². The van der Waals surface area contributed by atoms with Gasteiger partial charge in [0.05, 0.1) is 0 Å². The van der Waals surface area contributed by atoms with Crippen molar-refractivity contribution >= 4 is 30.1 Å². The number of carbonyl (C=O) groups excluding carboxylic acids is 1. The van der Waals surface area contributed by atoms with Crippen molar-refractivity contribution in [2.45, 2.75) is 0 Å². The van der Waals surface area contributed by atoms with Crippen molar-refractivity contribution in [3.05, 3.63) is 24.3 Å². The zero-order valence-electron chi connectivity index (χ0n) is 7.67. The van der Waals surface area contributed by atoms with Gasteiger partial charge >= 0.3 is 88.7 Å². The summed E-state index contributed by atoms with van der Waals surface area (Å²) in [7, 11) is 0. The summed E-state index contributed by atoms with van der Waals surface area (Å²) in [5, 5.41) is 2.66. The van der Waals surface area contributed by atoms with Gasteiger partial charge in [-0.1, -0.05) is 0 Å². The van der Waals surface area contributed by atoms with Crippen molar-refractivity contribution in [2.75, 3.05) is 11.9 Å². The minimum absolute atomic E-state index is 0.0449. The van der Waals surface area contributed by atoms with Crippen LogP contribution >= 0.6 is 0 Å². The molecule has 0 saturated heterocycles. The fourth-order valence-corrected chi connectivity index (χ4v) is 2.03. The Hall–Kier alpha value is -1.23. The normalized spacial score (nSPS) is 11.1. The molecule has 1 aromatic rings. The average Bonchev–Trinajstić information content (AvgIpc) is 2.14. The van der Waals surface area contributed by atoms with Crippen LogP contribution in [0.3, 0.4) is 0 Å². The molecule has 0 aliphatic heterocycles. The first kappa shape index (κ1) is 11.8. The molecule has 0 fully saturated rings. The Kier molecular flexibility index (Phi) is 3.57. The number of hydrogen-bond acceptors (Lipinski definition) is 5. The van der Waals surface area contributed by atoms with Crippen LogP contribution in [0.1, 0.15) is 0 Å². The molecule has 6 nitrogen and oxygen atoms in total. The molecule has 0 bridgehead atoms. The summed E-state index contributed by atoms with van der Waals surface area (Å²) >= 11 is -5.30. The van der Waals surface area contributed by atoms with Crippen molar-refractivity contribution < 1.29 is 16.7 Å². The molecule has 0 atom stereocenters. The Morgan fingerprint density at radius 3 is 2.27 bits per heavy atom. The third-order valence-corrected chi connectivity index (χ3v) is 3.60. The quantitative estimate of drug-likeness (QED) is 0.562. The van der Waals surface area contributed by atoms with Crippen LogP contribution in [0.2, 0.25) is 0 Å². The number of primary amides is 1. The van der Waals surface area contributed by atoms with Gasteiger partial charge in [0.25, 0.3) is 0 Å². The van der Waals surface area contributed by atoms with E-state index in [-0.39, 0.29) is 10.9 Å². The molecule has 0 heterocycles. The number of amides is 1. The van der Waals surface area contributed by atoms with Gasteiger partial charge in [-0.3, -0.25) is 0 Å². The van der Waals surface area contributed by atoms with Crippen molar-refractivity contribution in [3.63, 3.8) is 0 Å². The first-order valence-electron chi connectivity index (χ1n) is 4.04. The number of anilines is 1. The standard InChI is InChI=1S/C8H11AsN2O4/c10-8(12)5-11-7-3-1-6(2-4-7)9(13,14)15/h1-4,11H,5H2,(H2,10,12)(H2,13,14,15)/p-2. The molecule has 0 aliphatic rings. The molecule has 0 saturated carbocycles. The average molecular weight is 272 g/mol. The van der Waals surface area contributed by atoms with Gasteiger partial charge in [0.1, 0.15) is 0 Å². The molecular formula is C8H9AsN2O4-2. The number of benzene rings is 1. The van der Waals surface area contributed by atoms with Crippen LogP contribution in [0.15, 0.2) is 24.3 Å². The second-order valence-corrected chi connectivity index (χ2v) is 6.04. The molecule has 0 radical (unpaired) electrons. The van der Waals surface area contributed by atoms with E-state index in [4.69, 9.17) is 5.73 Å². The van der Waals surface area contributed by atoms with Gasteiger partial charge in [0.15, 0.2) is 0 Å². The van der Waals surface area contributed by atoms with Crippen LogP contribution in [0.25, 0.3) is 0 Å². The molecule has 1 amide bonds. The summed E-state index contributed by atoms with van der Waals surface area (Å²) in [5.41, 5.74) is 5.43. The maximum atomic E-state index is 10.6. The third-order valence-electron chi connectivity index (χ3n) is 1.65. The molecule has 0 unspecified atom stereocenters. The maximum absolute atomic E-state index is 10.6. The van der Waals surface area contributed by atoms with Gasteiger partial charge in [-0.25, -0.2) is 0 Å². The number of nitrogens with one attached hydrogen (secondary N) is 1. The van der Waals surface area contributed by atoms with Gasteiger partial charge in [-0.2, -0.15) is 0 Å². The van der Waals surface area contributed by atoms with Crippen LogP contribution in [0.5, 0.6) is 0 Å². The van der Waals surface area contributed by atoms with Gasteiger partial charge in [-0.15, -0.1) is 0 Å². The van der Waals surface area contributed by atoms with Crippen LogP contribution in [0.4, 0.5) is 5.69 Å². The molecule has 0 spiro atoms. The molecule has 15 heavy (non-hydrogen) atoms. The van der Waals surface area contributed by atoms with E-state index in [2.05, 4.69) is 5.32 Å². The molecule has 0 aliphatic carbocycles. The van der Waals surface area contributed by atoms with E-state index in [1.54, 1.807) is 0 Å². The molecule has 3 N–H and O–H groups in total. The summed E-state index contributed by atoms with van der Waals surface area (Å²) < 4.78 is 31.7. The third kappa shape index (κ3) is 3.79. The fourth-order valence-electron chi connectivity index (χ4n) is 0.951. The van der Waals surface area contributed by atoms with Gasteiger partial charge < -0.3 is 0 Å². The summed E-state index contributed by atoms with van der Waals surface area (Å²) in [5.74, 6) is -0.526. The molecule has 0 aromatic heterocycles. The van der Waals surface area contributed by atoms with Crippen LogP contribution in [-0.2, 0) is 8.53 Å². The molecule has 7 heteroatoms. The van der Waals surface area contributed by atoms with E-state index < -0.39 is 20.1 Å². The summed E-state index contributed by atoms with van der Waals surface area (Å²) in [4.78, 5) is 10.4. The predicted octanol–water partition coefficient (Wildman–Crippen LogP) is -3.12. The monoisotopic (exact) mass is 272 g/mol. The minimum atomic E-state index is -5.30. The van der Waals surface area contributed by atoms with E-state index >= 15 is 0 Å². The number of nitrogens with two attached hydrogens (primary N) is 1. The molecule has 82 valence electrons. The Bertz CT molecular complexity index is 398. The van der Waals surface area contributed by atoms with Crippen molar-refractivity contribution in [2.24, 2.45) is 5.73 Å². The Labute approximate surface area is 89.1 Å². The Morgan fingerprint density at radius 1 is 1.33 bits per heavy atom. The van der Waals surface area contributed by atoms with E-state index in [9.17, 15) is 16.7 Å². The fraction of sp³-hybridized carbons (Fsp3) is 0.125. The van der Waals surface area contributed by atoms with Crippen LogP contribution in [-0.4, -0.2) is 26.6 Å². The second-order valence-electron chi connectivity index (χ2n) is 2.86. The SMILES string of the molecule is NC(=O)CNc1ccc([As](=O)([O-])[O-])cc1. The van der Waals surface area contributed by atoms with Crippen molar-refractivity contribution in [3.8, 4) is 0 Å². The van der Waals surface area contributed by atoms with E-state index in [1.165, 1.54) is 24.3 Å². The first-order valence-corrected chi connectivity index (χ1v) is 7.28. The van der Waals surface area contributed by atoms with E-state index in [0.717, 1.165) is 0 Å². The molecule has 1 aromatic carbocycles. The topological polar surface area (TPSA) is 118 Å².